The zero-order valence-corrected chi connectivity index (χ0v) is 28.5. The Morgan fingerprint density at radius 3 is 2.21 bits per heavy atom. The van der Waals surface area contributed by atoms with Gasteiger partial charge >= 0.3 is 0 Å². The molecule has 0 radical (unpaired) electrons. The van der Waals surface area contributed by atoms with Crippen molar-refractivity contribution in [1.82, 2.24) is 20.0 Å². The minimum Gasteiger partial charge on any atom is -0.489 e. The average molecular weight is 653 g/mol. The van der Waals surface area contributed by atoms with Crippen LogP contribution < -0.4 is 10.1 Å². The zero-order valence-electron chi connectivity index (χ0n) is 28.5. The van der Waals surface area contributed by atoms with Crippen molar-refractivity contribution in [2.75, 3.05) is 46.4 Å². The Balaban J connectivity index is 1.15. The number of para-hydroxylation sites is 1. The maximum Gasteiger partial charge on any atom is 0.223 e. The van der Waals surface area contributed by atoms with Gasteiger partial charge in [0, 0.05) is 75.8 Å². The van der Waals surface area contributed by atoms with E-state index in [0.29, 0.717) is 6.61 Å². The maximum atomic E-state index is 14.0. The van der Waals surface area contributed by atoms with E-state index in [1.807, 2.05) is 24.3 Å². The van der Waals surface area contributed by atoms with Crippen LogP contribution in [0.4, 0.5) is 0 Å². The van der Waals surface area contributed by atoms with Crippen LogP contribution in [0.2, 0.25) is 0 Å². The fraction of sp³-hybridized carbons (Fsp3) is 0.500. The van der Waals surface area contributed by atoms with Crippen LogP contribution in [0.1, 0.15) is 61.6 Å². The Hall–Kier alpha value is -3.72. The zero-order chi connectivity index (χ0) is 33.2. The molecule has 0 bridgehead atoms. The second-order valence-corrected chi connectivity index (χ2v) is 13.8. The molecule has 1 unspecified atom stereocenters. The highest BCUT2D eigenvalue weighted by atomic mass is 16.5. The number of benzene rings is 3. The van der Waals surface area contributed by atoms with Gasteiger partial charge in [-0.2, -0.15) is 0 Å². The molecule has 2 saturated heterocycles. The van der Waals surface area contributed by atoms with E-state index in [-0.39, 0.29) is 42.3 Å². The summed E-state index contributed by atoms with van der Waals surface area (Å²) in [4.78, 5) is 33.6. The van der Waals surface area contributed by atoms with Gasteiger partial charge in [0.2, 0.25) is 11.8 Å². The smallest absolute Gasteiger partial charge is 0.223 e. The number of hydrogen-bond acceptors (Lipinski definition) is 6. The molecule has 2 aliphatic heterocycles. The van der Waals surface area contributed by atoms with Gasteiger partial charge in [0.25, 0.3) is 0 Å². The first-order valence-electron chi connectivity index (χ1n) is 17.9. The Morgan fingerprint density at radius 1 is 0.833 bits per heavy atom. The lowest BCUT2D eigenvalue weighted by molar-refractivity contribution is -0.139. The molecule has 3 aromatic carbocycles. The predicted molar refractivity (Wildman–Crippen MR) is 189 cm³/mol. The van der Waals surface area contributed by atoms with E-state index < -0.39 is 0 Å². The molecule has 2 amide bonds. The number of ether oxygens (including phenoxy) is 2. The number of hydrogen-bond donors (Lipinski definition) is 1. The van der Waals surface area contributed by atoms with E-state index in [0.717, 1.165) is 95.8 Å². The molecule has 1 N–H and O–H groups in total. The monoisotopic (exact) mass is 652 g/mol. The second kappa shape index (κ2) is 16.6. The molecule has 48 heavy (non-hydrogen) atoms. The van der Waals surface area contributed by atoms with Crippen LogP contribution in [0, 0.1) is 0 Å². The van der Waals surface area contributed by atoms with Crippen LogP contribution in [0.3, 0.4) is 0 Å². The molecule has 3 fully saturated rings. The van der Waals surface area contributed by atoms with Crippen LogP contribution in [0.25, 0.3) is 0 Å². The Bertz CT molecular complexity index is 1450. The van der Waals surface area contributed by atoms with Crippen LogP contribution in [0.15, 0.2) is 84.9 Å². The van der Waals surface area contributed by atoms with Gasteiger partial charge in [0.15, 0.2) is 0 Å². The third kappa shape index (κ3) is 8.65. The molecule has 8 nitrogen and oxygen atoms in total. The van der Waals surface area contributed by atoms with Gasteiger partial charge in [-0.15, -0.1) is 0 Å². The molecule has 1 aliphatic carbocycles. The number of carbonyl (C=O) groups excluding carboxylic acids is 2. The lowest BCUT2D eigenvalue weighted by atomic mass is 9.73. The number of rotatable bonds is 13. The summed E-state index contributed by atoms with van der Waals surface area (Å²) in [5.74, 6) is 0.943. The minimum atomic E-state index is -0.0821. The largest absolute Gasteiger partial charge is 0.489 e. The second-order valence-electron chi connectivity index (χ2n) is 13.8. The van der Waals surface area contributed by atoms with Gasteiger partial charge in [-0.1, -0.05) is 78.9 Å². The summed E-state index contributed by atoms with van der Waals surface area (Å²) in [5, 5.41) is 2.69. The molecule has 1 atom stereocenters. The number of nitrogens with one attached hydrogen (secondary N) is 1. The first-order chi connectivity index (χ1) is 23.5. The van der Waals surface area contributed by atoms with Gasteiger partial charge in [-0.3, -0.25) is 19.4 Å². The van der Waals surface area contributed by atoms with Gasteiger partial charge in [0.1, 0.15) is 12.4 Å². The lowest BCUT2D eigenvalue weighted by Gasteiger charge is -2.51. The van der Waals surface area contributed by atoms with Crippen molar-refractivity contribution in [1.29, 1.82) is 0 Å². The highest BCUT2D eigenvalue weighted by molar-refractivity contribution is 5.84. The SMILES string of the molecule is CNC(=O)CCC(=O)N(C1CCC(Cc2ccccc2)(N2CCOCC2)CC1)C1CCN(Cc2ccccc2OCc2ccccc2)C1. The summed E-state index contributed by atoms with van der Waals surface area (Å²) >= 11 is 0. The van der Waals surface area contributed by atoms with Crippen molar-refractivity contribution in [2.24, 2.45) is 0 Å². The minimum absolute atomic E-state index is 0.0730. The molecule has 3 aliphatic rings. The fourth-order valence-electron chi connectivity index (χ4n) is 8.15. The molecule has 6 rings (SSSR count). The van der Waals surface area contributed by atoms with E-state index in [9.17, 15) is 9.59 Å². The number of morpholine rings is 1. The molecular weight excluding hydrogens is 600 g/mol. The highest BCUT2D eigenvalue weighted by Gasteiger charge is 2.44. The van der Waals surface area contributed by atoms with Crippen molar-refractivity contribution in [3.63, 3.8) is 0 Å². The molecular formula is C40H52N4O4. The van der Waals surface area contributed by atoms with E-state index in [4.69, 9.17) is 9.47 Å². The molecule has 0 aromatic heterocycles. The summed E-state index contributed by atoms with van der Waals surface area (Å²) in [5.41, 5.74) is 3.76. The first kappa shape index (κ1) is 34.2. The standard InChI is InChI=1S/C40H52N4O4/c1-41-38(45)16-17-39(46)44(35-18-21-40(22-19-35,43-24-26-47-27-25-43)28-32-10-4-2-5-11-32)36-20-23-42(30-36)29-34-14-8-9-15-37(34)48-31-33-12-6-3-7-13-33/h2-15,35-36H,16-31H2,1H3,(H,41,45). The van der Waals surface area contributed by atoms with E-state index >= 15 is 0 Å². The summed E-state index contributed by atoms with van der Waals surface area (Å²) < 4.78 is 12.0. The number of amides is 2. The van der Waals surface area contributed by atoms with Crippen molar-refractivity contribution in [3.05, 3.63) is 102 Å². The lowest BCUT2D eigenvalue weighted by Crippen LogP contribution is -2.59. The maximum absolute atomic E-state index is 14.0. The molecule has 2 heterocycles. The number of nitrogens with zero attached hydrogens (tertiary/aromatic N) is 3. The van der Waals surface area contributed by atoms with Crippen LogP contribution in [-0.2, 0) is 33.9 Å². The number of likely N-dealkylation sites (tertiary alicyclic amines) is 1. The van der Waals surface area contributed by atoms with E-state index in [1.165, 1.54) is 11.1 Å². The van der Waals surface area contributed by atoms with Crippen LogP contribution in [0.5, 0.6) is 5.75 Å². The Kier molecular flexibility index (Phi) is 11.8. The molecule has 8 heteroatoms. The average Bonchev–Trinajstić information content (AvgIpc) is 3.60. The topological polar surface area (TPSA) is 74.4 Å². The van der Waals surface area contributed by atoms with Gasteiger partial charge in [0.05, 0.1) is 13.2 Å². The van der Waals surface area contributed by atoms with E-state index in [2.05, 4.69) is 80.7 Å². The van der Waals surface area contributed by atoms with Crippen LogP contribution >= 0.6 is 0 Å². The Labute approximate surface area is 286 Å². The first-order valence-corrected chi connectivity index (χ1v) is 17.9. The fourth-order valence-corrected chi connectivity index (χ4v) is 8.15. The molecule has 1 saturated carbocycles. The summed E-state index contributed by atoms with van der Waals surface area (Å²) in [6.07, 6.45) is 6.49. The van der Waals surface area contributed by atoms with Crippen molar-refractivity contribution >= 4 is 11.8 Å². The Morgan fingerprint density at radius 2 is 1.50 bits per heavy atom. The van der Waals surface area contributed by atoms with Gasteiger partial charge < -0.3 is 19.7 Å². The van der Waals surface area contributed by atoms with Gasteiger partial charge in [-0.25, -0.2) is 0 Å². The third-order valence-electron chi connectivity index (χ3n) is 10.7. The highest BCUT2D eigenvalue weighted by Crippen LogP contribution is 2.40. The molecule has 256 valence electrons. The molecule has 3 aromatic rings. The normalized spacial score (nSPS) is 23.4. The predicted octanol–water partition coefficient (Wildman–Crippen LogP) is 5.45. The van der Waals surface area contributed by atoms with Crippen molar-refractivity contribution < 1.29 is 19.1 Å². The summed E-state index contributed by atoms with van der Waals surface area (Å²) in [7, 11) is 1.64. The van der Waals surface area contributed by atoms with Crippen molar-refractivity contribution in [2.45, 2.75) is 82.1 Å². The summed E-state index contributed by atoms with van der Waals surface area (Å²) in [6, 6.07) is 29.8. The van der Waals surface area contributed by atoms with E-state index in [1.54, 1.807) is 7.05 Å². The van der Waals surface area contributed by atoms with Crippen molar-refractivity contribution in [3.8, 4) is 5.75 Å². The van der Waals surface area contributed by atoms with Crippen LogP contribution in [-0.4, -0.2) is 90.6 Å². The molecule has 0 spiro atoms. The number of carbonyl (C=O) groups is 2. The van der Waals surface area contributed by atoms with Gasteiger partial charge in [-0.05, 0) is 55.7 Å². The summed E-state index contributed by atoms with van der Waals surface area (Å²) in [6.45, 7) is 6.55. The third-order valence-corrected chi connectivity index (χ3v) is 10.7. The quantitative estimate of drug-likeness (QED) is 0.265.